The summed E-state index contributed by atoms with van der Waals surface area (Å²) < 4.78 is 0. The van der Waals surface area contributed by atoms with Crippen LogP contribution in [0.15, 0.2) is 0 Å². The second kappa shape index (κ2) is 8.97. The second-order valence-electron chi connectivity index (χ2n) is 6.07. The van der Waals surface area contributed by atoms with E-state index >= 15 is 0 Å². The van der Waals surface area contributed by atoms with Crippen LogP contribution in [0.3, 0.4) is 0 Å². The van der Waals surface area contributed by atoms with Gasteiger partial charge in [-0.2, -0.15) is 0 Å². The van der Waals surface area contributed by atoms with E-state index in [1.54, 1.807) is 0 Å². The van der Waals surface area contributed by atoms with Gasteiger partial charge in [-0.1, -0.05) is 59.3 Å². The molecular weight excluding hydrogens is 206 g/mol. The fourth-order valence-electron chi connectivity index (χ4n) is 3.15. The Labute approximate surface area is 109 Å². The SMILES string of the molecule is CCCCCC1CC(C)C(CCCCC)CN1. The first-order valence-corrected chi connectivity index (χ1v) is 8.01. The molecule has 17 heavy (non-hydrogen) atoms. The van der Waals surface area contributed by atoms with Gasteiger partial charge < -0.3 is 5.32 Å². The lowest BCUT2D eigenvalue weighted by Crippen LogP contribution is -2.43. The van der Waals surface area contributed by atoms with Gasteiger partial charge in [-0.3, -0.25) is 0 Å². The number of unbranched alkanes of at least 4 members (excludes halogenated alkanes) is 4. The minimum atomic E-state index is 0.818. The van der Waals surface area contributed by atoms with Crippen molar-refractivity contribution < 1.29 is 0 Å². The quantitative estimate of drug-likeness (QED) is 0.602. The molecule has 3 atom stereocenters. The Kier molecular flexibility index (Phi) is 7.92. The van der Waals surface area contributed by atoms with Crippen LogP contribution in [0.5, 0.6) is 0 Å². The smallest absolute Gasteiger partial charge is 0.00698 e. The highest BCUT2D eigenvalue weighted by Crippen LogP contribution is 2.28. The summed E-state index contributed by atoms with van der Waals surface area (Å²) in [6, 6.07) is 0.818. The van der Waals surface area contributed by atoms with Crippen LogP contribution in [-0.4, -0.2) is 12.6 Å². The Bertz CT molecular complexity index is 178. The van der Waals surface area contributed by atoms with E-state index in [0.717, 1.165) is 17.9 Å². The Morgan fingerprint density at radius 1 is 0.941 bits per heavy atom. The Balaban J connectivity index is 2.15. The first-order valence-electron chi connectivity index (χ1n) is 8.01. The van der Waals surface area contributed by atoms with Gasteiger partial charge in [-0.15, -0.1) is 0 Å². The first kappa shape index (κ1) is 15.0. The first-order chi connectivity index (χ1) is 8.27. The van der Waals surface area contributed by atoms with E-state index in [-0.39, 0.29) is 0 Å². The van der Waals surface area contributed by atoms with Gasteiger partial charge in [0.25, 0.3) is 0 Å². The van der Waals surface area contributed by atoms with Crippen molar-refractivity contribution in [3.05, 3.63) is 0 Å². The molecule has 1 aliphatic rings. The highest BCUT2D eigenvalue weighted by molar-refractivity contribution is 4.82. The van der Waals surface area contributed by atoms with E-state index in [9.17, 15) is 0 Å². The standard InChI is InChI=1S/C16H33N/c1-4-6-8-10-15-13-17-16(12-14(15)3)11-9-7-5-2/h14-17H,4-13H2,1-3H3. The van der Waals surface area contributed by atoms with E-state index in [1.165, 1.54) is 64.3 Å². The van der Waals surface area contributed by atoms with Gasteiger partial charge in [0, 0.05) is 6.04 Å². The number of hydrogen-bond donors (Lipinski definition) is 1. The largest absolute Gasteiger partial charge is 0.314 e. The third kappa shape index (κ3) is 5.90. The maximum absolute atomic E-state index is 3.79. The van der Waals surface area contributed by atoms with Crippen LogP contribution in [0.25, 0.3) is 0 Å². The summed E-state index contributed by atoms with van der Waals surface area (Å²) in [4.78, 5) is 0. The fraction of sp³-hybridized carbons (Fsp3) is 1.00. The molecule has 0 aromatic heterocycles. The van der Waals surface area contributed by atoms with Crippen molar-refractivity contribution in [1.82, 2.24) is 5.32 Å². The zero-order chi connectivity index (χ0) is 12.5. The molecule has 102 valence electrons. The maximum Gasteiger partial charge on any atom is 0.00698 e. The van der Waals surface area contributed by atoms with Crippen molar-refractivity contribution in [2.75, 3.05) is 6.54 Å². The molecule has 0 aliphatic carbocycles. The summed E-state index contributed by atoms with van der Waals surface area (Å²) in [5.41, 5.74) is 0. The summed E-state index contributed by atoms with van der Waals surface area (Å²) in [7, 11) is 0. The highest BCUT2D eigenvalue weighted by atomic mass is 14.9. The number of piperidine rings is 1. The van der Waals surface area contributed by atoms with Crippen LogP contribution in [0.2, 0.25) is 0 Å². The Morgan fingerprint density at radius 3 is 2.18 bits per heavy atom. The van der Waals surface area contributed by atoms with E-state index in [0.29, 0.717) is 0 Å². The third-order valence-corrected chi connectivity index (χ3v) is 4.46. The van der Waals surface area contributed by atoms with Gasteiger partial charge >= 0.3 is 0 Å². The zero-order valence-corrected chi connectivity index (χ0v) is 12.3. The van der Waals surface area contributed by atoms with Crippen molar-refractivity contribution in [3.63, 3.8) is 0 Å². The molecule has 0 aromatic carbocycles. The molecule has 1 saturated heterocycles. The normalized spacial score (nSPS) is 29.5. The lowest BCUT2D eigenvalue weighted by Gasteiger charge is -2.35. The fourth-order valence-corrected chi connectivity index (χ4v) is 3.15. The lowest BCUT2D eigenvalue weighted by molar-refractivity contribution is 0.202. The molecule has 0 radical (unpaired) electrons. The molecule has 0 saturated carbocycles. The zero-order valence-electron chi connectivity index (χ0n) is 12.3. The van der Waals surface area contributed by atoms with Crippen LogP contribution in [0.4, 0.5) is 0 Å². The average Bonchev–Trinajstić information content (AvgIpc) is 2.32. The van der Waals surface area contributed by atoms with Crippen LogP contribution in [0.1, 0.15) is 78.6 Å². The van der Waals surface area contributed by atoms with E-state index in [4.69, 9.17) is 0 Å². The lowest BCUT2D eigenvalue weighted by atomic mass is 9.80. The molecule has 1 nitrogen and oxygen atoms in total. The number of hydrogen-bond acceptors (Lipinski definition) is 1. The molecule has 0 spiro atoms. The van der Waals surface area contributed by atoms with Crippen LogP contribution < -0.4 is 5.32 Å². The summed E-state index contributed by atoms with van der Waals surface area (Å²) in [6.45, 7) is 8.35. The molecule has 1 N–H and O–H groups in total. The Hall–Kier alpha value is -0.0400. The molecule has 0 bridgehead atoms. The topological polar surface area (TPSA) is 12.0 Å². The molecule has 3 unspecified atom stereocenters. The molecule has 1 heterocycles. The highest BCUT2D eigenvalue weighted by Gasteiger charge is 2.25. The molecule has 1 aliphatic heterocycles. The number of nitrogens with one attached hydrogen (secondary N) is 1. The predicted octanol–water partition coefficient (Wildman–Crippen LogP) is 4.76. The van der Waals surface area contributed by atoms with Crippen molar-refractivity contribution in [1.29, 1.82) is 0 Å². The number of rotatable bonds is 8. The third-order valence-electron chi connectivity index (χ3n) is 4.46. The van der Waals surface area contributed by atoms with Crippen LogP contribution in [0, 0.1) is 11.8 Å². The van der Waals surface area contributed by atoms with Gasteiger partial charge in [0.05, 0.1) is 0 Å². The van der Waals surface area contributed by atoms with Crippen molar-refractivity contribution in [3.8, 4) is 0 Å². The molecule has 1 rings (SSSR count). The molecular formula is C16H33N. The van der Waals surface area contributed by atoms with Gasteiger partial charge in [-0.05, 0) is 37.6 Å². The monoisotopic (exact) mass is 239 g/mol. The average molecular weight is 239 g/mol. The summed E-state index contributed by atoms with van der Waals surface area (Å²) >= 11 is 0. The molecule has 1 fully saturated rings. The van der Waals surface area contributed by atoms with Gasteiger partial charge in [-0.25, -0.2) is 0 Å². The maximum atomic E-state index is 3.79. The van der Waals surface area contributed by atoms with Crippen LogP contribution in [-0.2, 0) is 0 Å². The molecule has 1 heteroatoms. The minimum Gasteiger partial charge on any atom is -0.314 e. The van der Waals surface area contributed by atoms with E-state index in [2.05, 4.69) is 26.1 Å². The Morgan fingerprint density at radius 2 is 1.59 bits per heavy atom. The van der Waals surface area contributed by atoms with Gasteiger partial charge in [0.1, 0.15) is 0 Å². The van der Waals surface area contributed by atoms with E-state index < -0.39 is 0 Å². The summed E-state index contributed by atoms with van der Waals surface area (Å²) in [5.74, 6) is 1.89. The second-order valence-corrected chi connectivity index (χ2v) is 6.07. The van der Waals surface area contributed by atoms with Gasteiger partial charge in [0.15, 0.2) is 0 Å². The predicted molar refractivity (Wildman–Crippen MR) is 77.3 cm³/mol. The minimum absolute atomic E-state index is 0.818. The van der Waals surface area contributed by atoms with Crippen molar-refractivity contribution in [2.24, 2.45) is 11.8 Å². The van der Waals surface area contributed by atoms with Crippen molar-refractivity contribution >= 4 is 0 Å². The summed E-state index contributed by atoms with van der Waals surface area (Å²) in [5, 5.41) is 3.79. The van der Waals surface area contributed by atoms with E-state index in [1.807, 2.05) is 0 Å². The van der Waals surface area contributed by atoms with Gasteiger partial charge in [0.2, 0.25) is 0 Å². The summed E-state index contributed by atoms with van der Waals surface area (Å²) in [6.07, 6.45) is 12.7. The van der Waals surface area contributed by atoms with Crippen LogP contribution >= 0.6 is 0 Å². The molecule has 0 amide bonds. The van der Waals surface area contributed by atoms with Crippen molar-refractivity contribution in [2.45, 2.75) is 84.6 Å². The molecule has 0 aromatic rings.